The topological polar surface area (TPSA) is 136 Å². The normalized spacial score (nSPS) is 11.3. The van der Waals surface area contributed by atoms with Gasteiger partial charge in [0.05, 0.1) is 4.91 Å². The second kappa shape index (κ2) is 10.5. The van der Waals surface area contributed by atoms with Crippen LogP contribution in [0, 0.1) is 4.91 Å². The van der Waals surface area contributed by atoms with Crippen LogP contribution in [0.15, 0.2) is 54.6 Å². The van der Waals surface area contributed by atoms with Crippen molar-refractivity contribution in [1.29, 1.82) is 0 Å². The van der Waals surface area contributed by atoms with Gasteiger partial charge in [0.2, 0.25) is 11.8 Å². The van der Waals surface area contributed by atoms with Crippen molar-refractivity contribution in [3.8, 4) is 0 Å². The summed E-state index contributed by atoms with van der Waals surface area (Å²) in [5.41, 5.74) is 1.24. The lowest BCUT2D eigenvalue weighted by Crippen LogP contribution is -2.45. The molecule has 1 atom stereocenters. The van der Waals surface area contributed by atoms with Crippen LogP contribution in [0.25, 0.3) is 0 Å². The summed E-state index contributed by atoms with van der Waals surface area (Å²) in [5, 5.41) is 22.8. The summed E-state index contributed by atoms with van der Waals surface area (Å²) in [6.07, 6.45) is 0.294. The molecule has 0 bridgehead atoms. The zero-order valence-corrected chi connectivity index (χ0v) is 15.6. The number of rotatable bonds is 10. The number of aliphatic carboxylic acids is 1. The largest absolute Gasteiger partial charge is 0.481 e. The first-order chi connectivity index (χ1) is 13.8. The Bertz CT molecular complexity index is 868. The Balaban J connectivity index is 2.06. The van der Waals surface area contributed by atoms with Crippen molar-refractivity contribution < 1.29 is 29.6 Å². The maximum atomic E-state index is 12.7. The minimum Gasteiger partial charge on any atom is -0.481 e. The van der Waals surface area contributed by atoms with Crippen molar-refractivity contribution in [3.05, 3.63) is 65.1 Å². The fourth-order valence-electron chi connectivity index (χ4n) is 2.63. The van der Waals surface area contributed by atoms with E-state index in [0.717, 1.165) is 5.56 Å². The van der Waals surface area contributed by atoms with Crippen molar-refractivity contribution in [1.82, 2.24) is 5.32 Å². The van der Waals surface area contributed by atoms with Crippen LogP contribution >= 0.6 is 0 Å². The molecule has 0 aliphatic rings. The molecular weight excluding hydrogens is 378 g/mol. The van der Waals surface area contributed by atoms with Crippen molar-refractivity contribution in [3.63, 3.8) is 0 Å². The Morgan fingerprint density at radius 2 is 1.62 bits per heavy atom. The lowest BCUT2D eigenvalue weighted by Gasteiger charge is -2.19. The molecule has 0 fully saturated rings. The molecular formula is C20H22N3O6+. The van der Waals surface area contributed by atoms with E-state index in [0.29, 0.717) is 5.69 Å². The van der Waals surface area contributed by atoms with Gasteiger partial charge in [-0.2, -0.15) is 0 Å². The van der Waals surface area contributed by atoms with Gasteiger partial charge in [-0.3, -0.25) is 14.4 Å². The third-order valence-electron chi connectivity index (χ3n) is 4.08. The number of anilines is 1. The number of nitrogens with zero attached hydrogens (tertiary/aromatic N) is 1. The molecule has 0 heterocycles. The van der Waals surface area contributed by atoms with Gasteiger partial charge in [0.25, 0.3) is 4.92 Å². The maximum Gasteiger partial charge on any atom is 0.316 e. The Kier molecular flexibility index (Phi) is 7.84. The lowest BCUT2D eigenvalue weighted by molar-refractivity contribution is -0.729. The Labute approximate surface area is 166 Å². The fourth-order valence-corrected chi connectivity index (χ4v) is 2.63. The fraction of sp³-hybridized carbons (Fsp3) is 0.250. The highest BCUT2D eigenvalue weighted by molar-refractivity contribution is 5.97. The van der Waals surface area contributed by atoms with E-state index in [9.17, 15) is 19.3 Å². The molecule has 0 spiro atoms. The van der Waals surface area contributed by atoms with Gasteiger partial charge in [-0.25, -0.2) is 5.21 Å². The predicted octanol–water partition coefficient (Wildman–Crippen LogP) is 2.41. The number of hydrogen-bond donors (Lipinski definition) is 4. The van der Waals surface area contributed by atoms with Crippen molar-refractivity contribution in [2.75, 3.05) is 5.32 Å². The van der Waals surface area contributed by atoms with E-state index in [4.69, 9.17) is 10.3 Å². The van der Waals surface area contributed by atoms with E-state index in [-0.39, 0.29) is 36.3 Å². The standard InChI is InChI=1S/C20H21N3O6/c24-18(7-4-8-19(25)26)22-17(13-14-5-2-1-3-6-14)20(27)21-15-9-11-16(12-10-15)23(28)29/h1-3,5-6,9-12,17H,4,7-8,13H2,(H3-,21,22,24,25,26,27,28,29)/p+1/t17-/m0/s1. The summed E-state index contributed by atoms with van der Waals surface area (Å²) in [7, 11) is 0. The number of carbonyl (C=O) groups is 3. The minimum absolute atomic E-state index is 0.00456. The van der Waals surface area contributed by atoms with Crippen LogP contribution in [-0.2, 0) is 20.8 Å². The van der Waals surface area contributed by atoms with Gasteiger partial charge < -0.3 is 15.7 Å². The number of carbonyl (C=O) groups excluding carboxylic acids is 2. The van der Waals surface area contributed by atoms with Gasteiger partial charge >= 0.3 is 11.7 Å². The highest BCUT2D eigenvalue weighted by Gasteiger charge is 2.22. The van der Waals surface area contributed by atoms with Crippen LogP contribution in [0.4, 0.5) is 11.4 Å². The number of nitrogens with one attached hydrogen (secondary N) is 2. The summed E-state index contributed by atoms with van der Waals surface area (Å²) in [5.74, 6) is -1.87. The van der Waals surface area contributed by atoms with Crippen molar-refractivity contribution >= 4 is 29.2 Å². The first kappa shape index (κ1) is 21.5. The minimum atomic E-state index is -0.987. The third kappa shape index (κ3) is 7.41. The van der Waals surface area contributed by atoms with Gasteiger partial charge in [0.15, 0.2) is 0 Å². The monoisotopic (exact) mass is 400 g/mol. The van der Waals surface area contributed by atoms with Crippen molar-refractivity contribution in [2.24, 2.45) is 0 Å². The average molecular weight is 400 g/mol. The van der Waals surface area contributed by atoms with E-state index < -0.39 is 23.8 Å². The molecule has 0 saturated heterocycles. The maximum absolute atomic E-state index is 12.7. The van der Waals surface area contributed by atoms with Crippen LogP contribution in [0.5, 0.6) is 0 Å². The van der Waals surface area contributed by atoms with E-state index in [1.54, 1.807) is 0 Å². The van der Waals surface area contributed by atoms with Crippen molar-refractivity contribution in [2.45, 2.75) is 31.7 Å². The molecule has 0 aliphatic carbocycles. The number of hydrogen-bond acceptors (Lipinski definition) is 4. The molecule has 29 heavy (non-hydrogen) atoms. The summed E-state index contributed by atoms with van der Waals surface area (Å²) in [6, 6.07) is 13.8. The number of carboxylic acids is 1. The van der Waals surface area contributed by atoms with Crippen LogP contribution in [-0.4, -0.2) is 39.1 Å². The van der Waals surface area contributed by atoms with Crippen LogP contribution in [0.2, 0.25) is 0 Å². The Morgan fingerprint density at radius 1 is 0.966 bits per heavy atom. The molecule has 2 rings (SSSR count). The molecule has 0 saturated carbocycles. The Hall–Kier alpha value is -3.75. The molecule has 9 heteroatoms. The molecule has 2 aromatic carbocycles. The molecule has 9 nitrogen and oxygen atoms in total. The van der Waals surface area contributed by atoms with Gasteiger partial charge in [-0.15, -0.1) is 0 Å². The first-order valence-electron chi connectivity index (χ1n) is 8.97. The van der Waals surface area contributed by atoms with E-state index in [2.05, 4.69) is 10.6 Å². The summed E-state index contributed by atoms with van der Waals surface area (Å²) >= 11 is 0. The summed E-state index contributed by atoms with van der Waals surface area (Å²) < 4.78 is 0. The van der Waals surface area contributed by atoms with E-state index in [1.807, 2.05) is 30.3 Å². The third-order valence-corrected chi connectivity index (χ3v) is 4.08. The van der Waals surface area contributed by atoms with Gasteiger partial charge in [0.1, 0.15) is 6.04 Å². The molecule has 0 aliphatic heterocycles. The molecule has 4 N–H and O–H groups in total. The molecule has 2 amide bonds. The van der Waals surface area contributed by atoms with E-state index >= 15 is 0 Å². The van der Waals surface area contributed by atoms with Gasteiger partial charge in [0, 0.05) is 37.1 Å². The highest BCUT2D eigenvalue weighted by Crippen LogP contribution is 2.15. The summed E-state index contributed by atoms with van der Waals surface area (Å²) in [4.78, 5) is 46.0. The zero-order valence-electron chi connectivity index (χ0n) is 15.6. The van der Waals surface area contributed by atoms with E-state index in [1.165, 1.54) is 24.3 Å². The van der Waals surface area contributed by atoms with Gasteiger partial charge in [-0.1, -0.05) is 30.3 Å². The smallest absolute Gasteiger partial charge is 0.316 e. The quantitative estimate of drug-likeness (QED) is 0.452. The Morgan fingerprint density at radius 3 is 2.21 bits per heavy atom. The van der Waals surface area contributed by atoms with Crippen LogP contribution in [0.3, 0.4) is 0 Å². The molecule has 0 radical (unpaired) electrons. The number of benzene rings is 2. The van der Waals surface area contributed by atoms with Gasteiger partial charge in [-0.05, 0) is 24.1 Å². The first-order valence-corrected chi connectivity index (χ1v) is 8.97. The second-order valence-electron chi connectivity index (χ2n) is 6.37. The van der Waals surface area contributed by atoms with Crippen LogP contribution < -0.4 is 10.6 Å². The lowest BCUT2D eigenvalue weighted by atomic mass is 10.0. The molecule has 152 valence electrons. The average Bonchev–Trinajstić information content (AvgIpc) is 2.68. The molecule has 0 unspecified atom stereocenters. The number of carboxylic acid groups (broad SMARTS) is 1. The zero-order chi connectivity index (χ0) is 21.2. The summed E-state index contributed by atoms with van der Waals surface area (Å²) in [6.45, 7) is 0. The predicted molar refractivity (Wildman–Crippen MR) is 104 cm³/mol. The number of amides is 2. The highest BCUT2D eigenvalue weighted by atomic mass is 16.6. The van der Waals surface area contributed by atoms with Crippen LogP contribution in [0.1, 0.15) is 24.8 Å². The second-order valence-corrected chi connectivity index (χ2v) is 6.37. The SMILES string of the molecule is O=C(O)CCCC(=O)N[C@@H](Cc1ccccc1)C(=O)Nc1ccc([N+](=O)O)cc1. The molecule has 2 aromatic rings. The molecule has 0 aromatic heterocycles.